The molecule has 0 unspecified atom stereocenters. The number of nitrogens with zero attached hydrogens (tertiary/aromatic N) is 5. The summed E-state index contributed by atoms with van der Waals surface area (Å²) < 4.78 is 7.23. The quantitative estimate of drug-likeness (QED) is 0.640. The van der Waals surface area contributed by atoms with Crippen LogP contribution in [0, 0.1) is 6.92 Å². The van der Waals surface area contributed by atoms with Gasteiger partial charge < -0.3 is 9.64 Å². The summed E-state index contributed by atoms with van der Waals surface area (Å²) in [7, 11) is 1.65. The van der Waals surface area contributed by atoms with E-state index in [0.29, 0.717) is 24.5 Å². The zero-order valence-electron chi connectivity index (χ0n) is 15.8. The molecule has 0 bridgehead atoms. The molecule has 0 saturated carbocycles. The van der Waals surface area contributed by atoms with Gasteiger partial charge >= 0.3 is 0 Å². The lowest BCUT2D eigenvalue weighted by atomic mass is 10.2. The first-order valence-corrected chi connectivity index (χ1v) is 8.87. The third kappa shape index (κ3) is 4.49. The van der Waals surface area contributed by atoms with Crippen LogP contribution in [-0.2, 0) is 7.05 Å². The molecule has 3 aromatic rings. The normalized spacial score (nSPS) is 10.6. The number of hydrogen-bond acceptors (Lipinski definition) is 6. The third-order valence-electron chi connectivity index (χ3n) is 4.28. The van der Waals surface area contributed by atoms with Gasteiger partial charge in [-0.05, 0) is 37.6 Å². The van der Waals surface area contributed by atoms with E-state index in [4.69, 9.17) is 4.74 Å². The maximum atomic E-state index is 12.2. The second-order valence-electron chi connectivity index (χ2n) is 6.18. The molecule has 1 aromatic carbocycles. The lowest BCUT2D eigenvalue weighted by Crippen LogP contribution is -2.29. The molecule has 2 heterocycles. The summed E-state index contributed by atoms with van der Waals surface area (Å²) in [6, 6.07) is 11.8. The fourth-order valence-corrected chi connectivity index (χ4v) is 2.76. The second-order valence-corrected chi connectivity index (χ2v) is 6.18. The number of aryl methyl sites for hydroxylation is 1. The van der Waals surface area contributed by atoms with Gasteiger partial charge in [-0.2, -0.15) is 4.98 Å². The van der Waals surface area contributed by atoms with Gasteiger partial charge in [0.1, 0.15) is 12.9 Å². The van der Waals surface area contributed by atoms with E-state index in [1.165, 1.54) is 22.5 Å². The van der Waals surface area contributed by atoms with Crippen LogP contribution in [0.2, 0.25) is 0 Å². The minimum atomic E-state index is -0.195. The number of benzene rings is 1. The van der Waals surface area contributed by atoms with Gasteiger partial charge in [-0.3, -0.25) is 9.36 Å². The molecular weight excluding hydrogens is 342 g/mol. The Balaban J connectivity index is 1.74. The molecule has 7 heteroatoms. The fourth-order valence-electron chi connectivity index (χ4n) is 2.76. The average molecular weight is 365 g/mol. The first-order valence-electron chi connectivity index (χ1n) is 8.87. The van der Waals surface area contributed by atoms with Gasteiger partial charge in [0.25, 0.3) is 11.6 Å². The van der Waals surface area contributed by atoms with Crippen LogP contribution in [0.15, 0.2) is 53.7 Å². The summed E-state index contributed by atoms with van der Waals surface area (Å²) in [6.45, 7) is 6.14. The Morgan fingerprint density at radius 1 is 1.19 bits per heavy atom. The van der Waals surface area contributed by atoms with Crippen molar-refractivity contribution in [1.29, 1.82) is 0 Å². The van der Waals surface area contributed by atoms with Crippen molar-refractivity contribution in [1.82, 2.24) is 19.5 Å². The van der Waals surface area contributed by atoms with Gasteiger partial charge in [0, 0.05) is 31.5 Å². The van der Waals surface area contributed by atoms with Crippen molar-refractivity contribution in [3.63, 3.8) is 0 Å². The molecule has 3 rings (SSSR count). The van der Waals surface area contributed by atoms with Gasteiger partial charge in [-0.15, -0.1) is 0 Å². The highest BCUT2D eigenvalue weighted by atomic mass is 16.5. The topological polar surface area (TPSA) is 73.1 Å². The Morgan fingerprint density at radius 3 is 2.74 bits per heavy atom. The van der Waals surface area contributed by atoms with Crippen molar-refractivity contribution in [2.24, 2.45) is 7.05 Å². The van der Waals surface area contributed by atoms with Crippen LogP contribution in [0.25, 0.3) is 11.4 Å². The summed E-state index contributed by atoms with van der Waals surface area (Å²) in [5.74, 6) is 0. The smallest absolute Gasteiger partial charge is 0.299 e. The molecule has 140 valence electrons. The lowest BCUT2D eigenvalue weighted by Gasteiger charge is -2.23. The van der Waals surface area contributed by atoms with Crippen molar-refractivity contribution >= 4 is 5.69 Å². The summed E-state index contributed by atoms with van der Waals surface area (Å²) in [6.07, 6.45) is 3.04. The molecule has 0 spiro atoms. The van der Waals surface area contributed by atoms with E-state index in [1.807, 2.05) is 6.07 Å². The van der Waals surface area contributed by atoms with E-state index in [-0.39, 0.29) is 11.6 Å². The summed E-state index contributed by atoms with van der Waals surface area (Å²) >= 11 is 0. The zero-order valence-corrected chi connectivity index (χ0v) is 15.8. The molecule has 7 nitrogen and oxygen atoms in total. The number of hydrogen-bond donors (Lipinski definition) is 0. The maximum Gasteiger partial charge on any atom is 0.299 e. The standard InChI is InChI=1S/C20H23N5O2/c1-4-25(16-7-5-6-15(2)12-16)10-11-27-20-23-18(13-19(26)24(20)3)17-8-9-21-14-22-17/h5-9,12-14H,4,10-11H2,1-3H3. The van der Waals surface area contributed by atoms with Gasteiger partial charge in [-0.25, -0.2) is 9.97 Å². The van der Waals surface area contributed by atoms with Crippen molar-refractivity contribution in [2.75, 3.05) is 24.6 Å². The number of likely N-dealkylation sites (N-methyl/N-ethyl adjacent to an activating group) is 1. The molecule has 27 heavy (non-hydrogen) atoms. The van der Waals surface area contributed by atoms with Crippen LogP contribution < -0.4 is 15.2 Å². The monoisotopic (exact) mass is 365 g/mol. The number of rotatable bonds is 7. The zero-order chi connectivity index (χ0) is 19.2. The predicted octanol–water partition coefficient (Wildman–Crippen LogP) is 2.45. The molecule has 0 N–H and O–H groups in total. The van der Waals surface area contributed by atoms with E-state index >= 15 is 0 Å². The van der Waals surface area contributed by atoms with Crippen LogP contribution >= 0.6 is 0 Å². The second kappa shape index (κ2) is 8.44. The Bertz CT molecular complexity index is 956. The van der Waals surface area contributed by atoms with Crippen molar-refractivity contribution in [3.05, 3.63) is 64.8 Å². The highest BCUT2D eigenvalue weighted by Gasteiger charge is 2.11. The molecule has 0 atom stereocenters. The Kier molecular flexibility index (Phi) is 5.80. The molecule has 0 aliphatic carbocycles. The number of anilines is 1. The minimum Gasteiger partial charge on any atom is -0.463 e. The van der Waals surface area contributed by atoms with E-state index in [2.05, 4.69) is 51.9 Å². The first-order chi connectivity index (χ1) is 13.1. The Hall–Kier alpha value is -3.22. The SMILES string of the molecule is CCN(CCOc1nc(-c2ccncn2)cc(=O)n1C)c1cccc(C)c1. The lowest BCUT2D eigenvalue weighted by molar-refractivity contribution is 0.283. The maximum absolute atomic E-state index is 12.2. The molecule has 0 saturated heterocycles. The third-order valence-corrected chi connectivity index (χ3v) is 4.28. The van der Waals surface area contributed by atoms with E-state index in [1.54, 1.807) is 19.3 Å². The van der Waals surface area contributed by atoms with Crippen LogP contribution in [0.4, 0.5) is 5.69 Å². The molecule has 0 aliphatic rings. The van der Waals surface area contributed by atoms with Crippen LogP contribution in [0.5, 0.6) is 6.01 Å². The van der Waals surface area contributed by atoms with Gasteiger partial charge in [0.05, 0.1) is 17.9 Å². The largest absolute Gasteiger partial charge is 0.463 e. The number of ether oxygens (including phenoxy) is 1. The van der Waals surface area contributed by atoms with Crippen molar-refractivity contribution in [2.45, 2.75) is 13.8 Å². The highest BCUT2D eigenvalue weighted by molar-refractivity contribution is 5.52. The fraction of sp³-hybridized carbons (Fsp3) is 0.300. The van der Waals surface area contributed by atoms with Crippen LogP contribution in [-0.4, -0.2) is 39.2 Å². The molecule has 0 radical (unpaired) electrons. The summed E-state index contributed by atoms with van der Waals surface area (Å²) in [4.78, 5) is 26.9. The van der Waals surface area contributed by atoms with Crippen molar-refractivity contribution in [3.8, 4) is 17.4 Å². The Morgan fingerprint density at radius 2 is 2.04 bits per heavy atom. The summed E-state index contributed by atoms with van der Waals surface area (Å²) in [5, 5.41) is 0. The van der Waals surface area contributed by atoms with Gasteiger partial charge in [0.2, 0.25) is 0 Å². The van der Waals surface area contributed by atoms with E-state index in [0.717, 1.165) is 12.2 Å². The molecule has 0 fully saturated rings. The van der Waals surface area contributed by atoms with Gasteiger partial charge in [0.15, 0.2) is 0 Å². The van der Waals surface area contributed by atoms with Crippen LogP contribution in [0.1, 0.15) is 12.5 Å². The minimum absolute atomic E-state index is 0.195. The average Bonchev–Trinajstić information content (AvgIpc) is 2.69. The Labute approximate surface area is 158 Å². The van der Waals surface area contributed by atoms with Crippen molar-refractivity contribution < 1.29 is 4.74 Å². The van der Waals surface area contributed by atoms with Gasteiger partial charge in [-0.1, -0.05) is 12.1 Å². The predicted molar refractivity (Wildman–Crippen MR) is 105 cm³/mol. The molecular formula is C20H23N5O2. The van der Waals surface area contributed by atoms with Crippen LogP contribution in [0.3, 0.4) is 0 Å². The highest BCUT2D eigenvalue weighted by Crippen LogP contribution is 2.17. The van der Waals surface area contributed by atoms with E-state index in [9.17, 15) is 4.79 Å². The van der Waals surface area contributed by atoms with E-state index < -0.39 is 0 Å². The summed E-state index contributed by atoms with van der Waals surface area (Å²) in [5.41, 5.74) is 3.23. The molecule has 2 aromatic heterocycles. The molecule has 0 aliphatic heterocycles. The molecule has 0 amide bonds. The number of aromatic nitrogens is 4. The first kappa shape index (κ1) is 18.6.